The van der Waals surface area contributed by atoms with Gasteiger partial charge in [0.1, 0.15) is 6.04 Å². The minimum atomic E-state index is -1.15. The van der Waals surface area contributed by atoms with Gasteiger partial charge in [-0.25, -0.2) is 4.79 Å². The van der Waals surface area contributed by atoms with Crippen LogP contribution in [0.15, 0.2) is 47.3 Å². The summed E-state index contributed by atoms with van der Waals surface area (Å²) in [5, 5.41) is 23.8. The predicted molar refractivity (Wildman–Crippen MR) is 228 cm³/mol. The smallest absolute Gasteiger partial charge is 0.326 e. The number of para-hydroxylation sites is 1. The van der Waals surface area contributed by atoms with Gasteiger partial charge < -0.3 is 36.3 Å². The molecule has 16 heteroatoms. The van der Waals surface area contributed by atoms with Gasteiger partial charge in [0.2, 0.25) is 23.6 Å². The molecule has 5 unspecified atom stereocenters. The van der Waals surface area contributed by atoms with Crippen LogP contribution in [0.3, 0.4) is 0 Å². The van der Waals surface area contributed by atoms with Crippen LogP contribution in [0, 0.1) is 11.8 Å². The number of rotatable bonds is 18. The van der Waals surface area contributed by atoms with Gasteiger partial charge in [-0.15, -0.1) is 0 Å². The zero-order valence-electron chi connectivity index (χ0n) is 33.4. The number of carbonyl (C=O) groups is 5. The van der Waals surface area contributed by atoms with Crippen molar-refractivity contribution < 1.29 is 29.1 Å². The number of benzene rings is 2. The number of thioether (sulfide) groups is 1. The number of nitrogens with one attached hydrogen (secondary N) is 5. The second-order valence-corrected chi connectivity index (χ2v) is 16.9. The number of carboxylic acid groups (broad SMARTS) is 1. The first-order valence-corrected chi connectivity index (χ1v) is 21.8. The van der Waals surface area contributed by atoms with E-state index in [4.69, 9.17) is 5.73 Å². The molecule has 0 saturated carbocycles. The van der Waals surface area contributed by atoms with Crippen LogP contribution in [-0.2, 0) is 30.4 Å². The van der Waals surface area contributed by atoms with E-state index in [0.29, 0.717) is 78.9 Å². The lowest BCUT2D eigenvalue weighted by molar-refractivity contribution is -0.142. The number of H-pyrrole nitrogens is 1. The zero-order valence-corrected chi connectivity index (χ0v) is 34.2. The number of aromatic amines is 1. The van der Waals surface area contributed by atoms with E-state index < -0.39 is 24.0 Å². The molecular weight excluding hydrogens is 773 g/mol. The number of nitrogens with zero attached hydrogens (tertiary/aromatic N) is 2. The number of amides is 4. The Hall–Kier alpha value is -4.95. The quantitative estimate of drug-likeness (QED) is 0.0558. The Labute approximate surface area is 348 Å². The number of hydrogen-bond donors (Lipinski definition) is 7. The molecule has 3 aromatic rings. The van der Waals surface area contributed by atoms with Gasteiger partial charge in [0.15, 0.2) is 5.43 Å². The summed E-state index contributed by atoms with van der Waals surface area (Å²) in [6.07, 6.45) is 5.10. The summed E-state index contributed by atoms with van der Waals surface area (Å²) in [6.45, 7) is 2.25. The molecule has 0 bridgehead atoms. The lowest BCUT2D eigenvalue weighted by Gasteiger charge is -2.25. The van der Waals surface area contributed by atoms with E-state index in [-0.39, 0.29) is 61.9 Å². The third-order valence-corrected chi connectivity index (χ3v) is 12.8. The van der Waals surface area contributed by atoms with Crippen molar-refractivity contribution in [1.82, 2.24) is 36.1 Å². The molecule has 2 aromatic carbocycles. The van der Waals surface area contributed by atoms with Gasteiger partial charge in [0.25, 0.3) is 0 Å². The molecule has 2 fully saturated rings. The minimum Gasteiger partial charge on any atom is -0.480 e. The average molecular weight is 829 g/mol. The van der Waals surface area contributed by atoms with Gasteiger partial charge in [0.05, 0.1) is 19.1 Å². The largest absolute Gasteiger partial charge is 0.480 e. The number of carboxylic acids is 1. The van der Waals surface area contributed by atoms with Crippen LogP contribution in [0.2, 0.25) is 0 Å². The van der Waals surface area contributed by atoms with Gasteiger partial charge in [0, 0.05) is 90.5 Å². The molecule has 3 aliphatic rings. The van der Waals surface area contributed by atoms with E-state index in [2.05, 4.69) is 38.1 Å². The highest BCUT2D eigenvalue weighted by molar-refractivity contribution is 8.00. The molecule has 59 heavy (non-hydrogen) atoms. The van der Waals surface area contributed by atoms with Crippen LogP contribution in [0.4, 0.5) is 0 Å². The predicted octanol–water partition coefficient (Wildman–Crippen LogP) is 1.81. The van der Waals surface area contributed by atoms with Gasteiger partial charge in [-0.1, -0.05) is 36.5 Å². The van der Waals surface area contributed by atoms with Crippen molar-refractivity contribution in [1.29, 1.82) is 0 Å². The SMILES string of the molecule is NC(Cc1ccc2[nH]c3ccccc3c(=O)c2c1)C(=O)N1CC#CCN(C(=O)CCC(=O)NC(CCCCNC(=O)CCCCC2SCC3NCNC32)C(=O)O)CCC1. The van der Waals surface area contributed by atoms with Crippen LogP contribution < -0.4 is 32.4 Å². The van der Waals surface area contributed by atoms with Crippen molar-refractivity contribution in [3.63, 3.8) is 0 Å². The molecule has 4 amide bonds. The molecule has 8 N–H and O–H groups in total. The molecule has 6 rings (SSSR count). The maximum atomic E-state index is 13.4. The summed E-state index contributed by atoms with van der Waals surface area (Å²) in [4.78, 5) is 82.9. The second-order valence-electron chi connectivity index (χ2n) is 15.6. The van der Waals surface area contributed by atoms with E-state index >= 15 is 0 Å². The zero-order chi connectivity index (χ0) is 41.7. The molecular formula is C43H56N8O7S. The van der Waals surface area contributed by atoms with Gasteiger partial charge in [-0.05, 0) is 74.8 Å². The number of unbranched alkanes of at least 4 members (excludes halogenated alkanes) is 2. The molecule has 3 aliphatic heterocycles. The number of aromatic nitrogens is 1. The first-order valence-electron chi connectivity index (χ1n) is 20.8. The van der Waals surface area contributed by atoms with Crippen LogP contribution in [0.25, 0.3) is 21.8 Å². The molecule has 5 atom stereocenters. The Balaban J connectivity index is 0.856. The van der Waals surface area contributed by atoms with Crippen molar-refractivity contribution in [2.75, 3.05) is 45.1 Å². The van der Waals surface area contributed by atoms with E-state index in [1.165, 1.54) is 0 Å². The first kappa shape index (κ1) is 43.6. The lowest BCUT2D eigenvalue weighted by Crippen LogP contribution is -2.46. The third kappa shape index (κ3) is 12.1. The van der Waals surface area contributed by atoms with Crippen molar-refractivity contribution in [3.8, 4) is 11.8 Å². The van der Waals surface area contributed by atoms with Gasteiger partial charge in [-0.2, -0.15) is 11.8 Å². The van der Waals surface area contributed by atoms with Crippen LogP contribution in [-0.4, -0.2) is 124 Å². The molecule has 4 heterocycles. The molecule has 316 valence electrons. The van der Waals surface area contributed by atoms with Crippen molar-refractivity contribution in [2.45, 2.75) is 100 Å². The summed E-state index contributed by atoms with van der Waals surface area (Å²) in [5.41, 5.74) is 8.52. The molecule has 1 aromatic heterocycles. The third-order valence-electron chi connectivity index (χ3n) is 11.3. The van der Waals surface area contributed by atoms with Crippen molar-refractivity contribution in [2.24, 2.45) is 5.73 Å². The number of nitrogens with two attached hydrogens (primary N) is 1. The highest BCUT2D eigenvalue weighted by Crippen LogP contribution is 2.32. The van der Waals surface area contributed by atoms with E-state index in [1.807, 2.05) is 42.1 Å². The number of hydrogen-bond acceptors (Lipinski definition) is 10. The second kappa shape index (κ2) is 21.3. The van der Waals surface area contributed by atoms with Gasteiger partial charge in [-0.3, -0.25) is 34.6 Å². The molecule has 0 aliphatic carbocycles. The number of aliphatic carboxylic acids is 1. The monoisotopic (exact) mass is 828 g/mol. The Bertz CT molecular complexity index is 2120. The fourth-order valence-corrected chi connectivity index (χ4v) is 9.64. The molecule has 0 radical (unpaired) electrons. The minimum absolute atomic E-state index is 0.00507. The lowest BCUT2D eigenvalue weighted by atomic mass is 10.0. The van der Waals surface area contributed by atoms with E-state index in [1.54, 1.807) is 21.9 Å². The maximum absolute atomic E-state index is 13.4. The summed E-state index contributed by atoms with van der Waals surface area (Å²) >= 11 is 2.00. The number of fused-ring (bicyclic) bond motifs is 3. The highest BCUT2D eigenvalue weighted by Gasteiger charge is 2.39. The number of pyridine rings is 1. The normalized spacial score (nSPS) is 20.1. The molecule has 15 nitrogen and oxygen atoms in total. The van der Waals surface area contributed by atoms with Crippen molar-refractivity contribution >= 4 is 63.2 Å². The molecule has 2 saturated heterocycles. The highest BCUT2D eigenvalue weighted by atomic mass is 32.2. The fraction of sp³-hybridized carbons (Fsp3) is 0.535. The Morgan fingerprint density at radius 3 is 2.51 bits per heavy atom. The topological polar surface area (TPSA) is 219 Å². The van der Waals surface area contributed by atoms with E-state index in [0.717, 1.165) is 42.8 Å². The summed E-state index contributed by atoms with van der Waals surface area (Å²) in [5.74, 6) is 4.79. The number of carbonyl (C=O) groups excluding carboxylic acids is 4. The Kier molecular flexibility index (Phi) is 15.8. The van der Waals surface area contributed by atoms with Crippen LogP contribution in [0.5, 0.6) is 0 Å². The van der Waals surface area contributed by atoms with E-state index in [9.17, 15) is 33.9 Å². The van der Waals surface area contributed by atoms with Gasteiger partial charge >= 0.3 is 5.97 Å². The average Bonchev–Trinajstić information content (AvgIpc) is 3.88. The van der Waals surface area contributed by atoms with Crippen LogP contribution in [0.1, 0.15) is 69.8 Å². The summed E-state index contributed by atoms with van der Waals surface area (Å²) in [6, 6.07) is 11.9. The standard InChI is InChI=1S/C43H56N8O7S/c44-31(25-28-15-16-33-30(24-28)41(55)29-10-1-2-11-32(29)48-33)42(56)51-21-8-7-20-50(22-9-23-51)39(54)18-17-38(53)49-34(43(57)58)12-5-6-19-45-37(52)14-4-3-13-36-40-35(26-59-36)46-27-47-40/h1-2,10-11,15-16,24,31,34-36,40,46-47H,3-6,9,12-14,17-23,25-27,44H2,(H,45,52)(H,48,55)(H,49,53)(H,57,58). The fourth-order valence-electron chi connectivity index (χ4n) is 8.03. The van der Waals surface area contributed by atoms with Crippen molar-refractivity contribution in [3.05, 3.63) is 58.3 Å². The summed E-state index contributed by atoms with van der Waals surface area (Å²) in [7, 11) is 0. The Morgan fingerprint density at radius 2 is 1.68 bits per heavy atom. The maximum Gasteiger partial charge on any atom is 0.326 e. The Morgan fingerprint density at radius 1 is 0.898 bits per heavy atom. The molecule has 0 spiro atoms. The van der Waals surface area contributed by atoms with Crippen LogP contribution >= 0.6 is 11.8 Å². The first-order chi connectivity index (χ1) is 28.6. The summed E-state index contributed by atoms with van der Waals surface area (Å²) < 4.78 is 0.